The largest absolute Gasteiger partial charge is 0.335 e. The Balaban J connectivity index is 1.92. The van der Waals surface area contributed by atoms with Crippen molar-refractivity contribution in [1.29, 1.82) is 0 Å². The van der Waals surface area contributed by atoms with Crippen LogP contribution in [0, 0.1) is 5.92 Å². The van der Waals surface area contributed by atoms with Crippen LogP contribution in [0.1, 0.15) is 26.2 Å². The summed E-state index contributed by atoms with van der Waals surface area (Å²) in [6.45, 7) is 1.97. The second-order valence-electron chi connectivity index (χ2n) is 4.14. The molecule has 0 bridgehead atoms. The summed E-state index contributed by atoms with van der Waals surface area (Å²) in [5.74, 6) is 0.871. The molecule has 0 aliphatic heterocycles. The highest BCUT2D eigenvalue weighted by molar-refractivity contribution is 5.84. The molecule has 1 aliphatic rings. The second-order valence-corrected chi connectivity index (χ2v) is 4.14. The molecule has 1 aromatic heterocycles. The second kappa shape index (κ2) is 5.03. The van der Waals surface area contributed by atoms with Crippen molar-refractivity contribution in [2.75, 3.05) is 0 Å². The minimum absolute atomic E-state index is 0.312. The van der Waals surface area contributed by atoms with E-state index in [4.69, 9.17) is 10.6 Å². The molecule has 2 rings (SSSR count). The lowest BCUT2D eigenvalue weighted by Gasteiger charge is -2.07. The van der Waals surface area contributed by atoms with Crippen LogP contribution in [0.4, 0.5) is 0 Å². The highest BCUT2D eigenvalue weighted by Crippen LogP contribution is 2.25. The van der Waals surface area contributed by atoms with Crippen molar-refractivity contribution in [3.63, 3.8) is 0 Å². The fourth-order valence-corrected chi connectivity index (χ4v) is 1.92. The van der Waals surface area contributed by atoms with Gasteiger partial charge >= 0.3 is 0 Å². The third-order valence-electron chi connectivity index (χ3n) is 2.89. The van der Waals surface area contributed by atoms with Crippen LogP contribution in [0.2, 0.25) is 0 Å². The van der Waals surface area contributed by atoms with E-state index in [0.717, 1.165) is 25.0 Å². The van der Waals surface area contributed by atoms with Gasteiger partial charge in [-0.15, -0.1) is 0 Å². The Kier molecular flexibility index (Phi) is 3.46. The molecule has 0 spiro atoms. The fourth-order valence-electron chi connectivity index (χ4n) is 1.92. The van der Waals surface area contributed by atoms with E-state index in [1.54, 1.807) is 12.4 Å². The van der Waals surface area contributed by atoms with Crippen molar-refractivity contribution in [2.24, 2.45) is 16.8 Å². The van der Waals surface area contributed by atoms with Gasteiger partial charge in [0.25, 0.3) is 5.88 Å². The molecule has 0 saturated heterocycles. The van der Waals surface area contributed by atoms with Crippen LogP contribution in [-0.4, -0.2) is 21.7 Å². The van der Waals surface area contributed by atoms with Gasteiger partial charge in [-0.1, -0.05) is 5.16 Å². The van der Waals surface area contributed by atoms with Crippen LogP contribution in [-0.2, 0) is 0 Å². The first-order valence-corrected chi connectivity index (χ1v) is 5.49. The Hall–Kier alpha value is -1.49. The number of aromatic nitrogens is 2. The molecule has 1 aliphatic carbocycles. The number of hydrogen-bond acceptors (Lipinski definition) is 5. The average Bonchev–Trinajstić information content (AvgIpc) is 2.74. The zero-order valence-electron chi connectivity index (χ0n) is 9.34. The molecule has 86 valence electrons. The minimum atomic E-state index is 0.312. The number of oxime groups is 1. The Morgan fingerprint density at radius 2 is 2.38 bits per heavy atom. The molecule has 5 nitrogen and oxygen atoms in total. The molecule has 0 aromatic carbocycles. The monoisotopic (exact) mass is 220 g/mol. The number of nitrogens with two attached hydrogens (primary N) is 1. The molecule has 2 atom stereocenters. The van der Waals surface area contributed by atoms with Gasteiger partial charge in [-0.05, 0) is 26.2 Å². The third-order valence-corrected chi connectivity index (χ3v) is 2.89. The van der Waals surface area contributed by atoms with Crippen molar-refractivity contribution in [3.8, 4) is 5.88 Å². The third kappa shape index (κ3) is 2.76. The fraction of sp³-hybridized carbons (Fsp3) is 0.545. The quantitative estimate of drug-likeness (QED) is 0.616. The Morgan fingerprint density at radius 3 is 3.00 bits per heavy atom. The van der Waals surface area contributed by atoms with E-state index in [-0.39, 0.29) is 0 Å². The first-order chi connectivity index (χ1) is 7.75. The molecule has 1 saturated carbocycles. The van der Waals surface area contributed by atoms with Crippen LogP contribution in [0.15, 0.2) is 23.7 Å². The SMILES string of the molecule is C/C(=N/Oc1cnccn1)[C@H]1CC[C@@H](N)C1. The molecule has 0 amide bonds. The van der Waals surface area contributed by atoms with Gasteiger partial charge in [0.2, 0.25) is 0 Å². The first kappa shape index (κ1) is 11.0. The van der Waals surface area contributed by atoms with Gasteiger partial charge in [0.05, 0.1) is 11.9 Å². The summed E-state index contributed by atoms with van der Waals surface area (Å²) in [5.41, 5.74) is 6.84. The summed E-state index contributed by atoms with van der Waals surface area (Å²) in [7, 11) is 0. The van der Waals surface area contributed by atoms with Crippen LogP contribution in [0.3, 0.4) is 0 Å². The summed E-state index contributed by atoms with van der Waals surface area (Å²) >= 11 is 0. The predicted octanol–water partition coefficient (Wildman–Crippen LogP) is 1.36. The van der Waals surface area contributed by atoms with Crippen molar-refractivity contribution in [1.82, 2.24) is 9.97 Å². The summed E-state index contributed by atoms with van der Waals surface area (Å²) in [6, 6.07) is 0.312. The maximum Gasteiger partial charge on any atom is 0.267 e. The van der Waals surface area contributed by atoms with E-state index in [1.807, 2.05) is 6.92 Å². The van der Waals surface area contributed by atoms with E-state index >= 15 is 0 Å². The topological polar surface area (TPSA) is 73.4 Å². The molecule has 5 heteroatoms. The van der Waals surface area contributed by atoms with Gasteiger partial charge in [-0.25, -0.2) is 4.98 Å². The van der Waals surface area contributed by atoms with E-state index in [9.17, 15) is 0 Å². The number of rotatable bonds is 3. The molecule has 1 heterocycles. The van der Waals surface area contributed by atoms with E-state index < -0.39 is 0 Å². The Labute approximate surface area is 94.7 Å². The van der Waals surface area contributed by atoms with Crippen LogP contribution in [0.25, 0.3) is 0 Å². The van der Waals surface area contributed by atoms with Gasteiger partial charge in [0, 0.05) is 24.4 Å². The summed E-state index contributed by atoms with van der Waals surface area (Å²) < 4.78 is 0. The standard InChI is InChI=1S/C11H16N4O/c1-8(9-2-3-10(12)6-9)15-16-11-7-13-4-5-14-11/h4-5,7,9-10H,2-3,6,12H2,1H3/b15-8-/t9-,10+/m0/s1. The molecular formula is C11H16N4O. The van der Waals surface area contributed by atoms with Crippen LogP contribution >= 0.6 is 0 Å². The molecule has 1 fully saturated rings. The lowest BCUT2D eigenvalue weighted by Crippen LogP contribution is -2.17. The smallest absolute Gasteiger partial charge is 0.267 e. The lowest BCUT2D eigenvalue weighted by atomic mass is 10.0. The highest BCUT2D eigenvalue weighted by Gasteiger charge is 2.24. The molecule has 1 aromatic rings. The zero-order valence-corrected chi connectivity index (χ0v) is 9.34. The molecular weight excluding hydrogens is 204 g/mol. The van der Waals surface area contributed by atoms with Gasteiger partial charge in [-0.2, -0.15) is 0 Å². The summed E-state index contributed by atoms with van der Waals surface area (Å²) in [5, 5.41) is 4.07. The summed E-state index contributed by atoms with van der Waals surface area (Å²) in [4.78, 5) is 13.1. The predicted molar refractivity (Wildman–Crippen MR) is 61.1 cm³/mol. The summed E-state index contributed by atoms with van der Waals surface area (Å²) in [6.07, 6.45) is 7.88. The van der Waals surface area contributed by atoms with Crippen LogP contribution < -0.4 is 10.6 Å². The van der Waals surface area contributed by atoms with Gasteiger partial charge < -0.3 is 10.6 Å². The van der Waals surface area contributed by atoms with Gasteiger partial charge in [0.1, 0.15) is 0 Å². The normalized spacial score (nSPS) is 25.8. The average molecular weight is 220 g/mol. The maximum absolute atomic E-state index is 5.85. The number of hydrogen-bond donors (Lipinski definition) is 1. The molecule has 0 radical (unpaired) electrons. The van der Waals surface area contributed by atoms with Crippen molar-refractivity contribution >= 4 is 5.71 Å². The molecule has 16 heavy (non-hydrogen) atoms. The van der Waals surface area contributed by atoms with E-state index in [2.05, 4.69) is 15.1 Å². The molecule has 2 N–H and O–H groups in total. The minimum Gasteiger partial charge on any atom is -0.335 e. The van der Waals surface area contributed by atoms with Crippen molar-refractivity contribution in [3.05, 3.63) is 18.6 Å². The first-order valence-electron chi connectivity index (χ1n) is 5.49. The van der Waals surface area contributed by atoms with Crippen LogP contribution in [0.5, 0.6) is 5.88 Å². The Bertz CT molecular complexity index is 366. The van der Waals surface area contributed by atoms with E-state index in [0.29, 0.717) is 17.8 Å². The lowest BCUT2D eigenvalue weighted by molar-refractivity contribution is 0.321. The molecule has 0 unspecified atom stereocenters. The maximum atomic E-state index is 5.85. The van der Waals surface area contributed by atoms with Crippen molar-refractivity contribution in [2.45, 2.75) is 32.2 Å². The zero-order chi connectivity index (χ0) is 11.4. The van der Waals surface area contributed by atoms with Crippen molar-refractivity contribution < 1.29 is 4.84 Å². The van der Waals surface area contributed by atoms with E-state index in [1.165, 1.54) is 6.20 Å². The Morgan fingerprint density at radius 1 is 1.50 bits per heavy atom. The highest BCUT2D eigenvalue weighted by atomic mass is 16.6. The van der Waals surface area contributed by atoms with Gasteiger partial charge in [0.15, 0.2) is 0 Å². The number of nitrogens with zero attached hydrogens (tertiary/aromatic N) is 3. The van der Waals surface area contributed by atoms with Gasteiger partial charge in [-0.3, -0.25) is 4.98 Å².